The van der Waals surface area contributed by atoms with Gasteiger partial charge in [0.2, 0.25) is 0 Å². The largest absolute Gasteiger partial charge is 0.325 e. The highest BCUT2D eigenvalue weighted by Crippen LogP contribution is 2.30. The zero-order valence-corrected chi connectivity index (χ0v) is 8.14. The van der Waals surface area contributed by atoms with Crippen molar-refractivity contribution in [2.45, 2.75) is 44.8 Å². The third-order valence-corrected chi connectivity index (χ3v) is 2.94. The van der Waals surface area contributed by atoms with Crippen molar-refractivity contribution in [3.05, 3.63) is 0 Å². The minimum Gasteiger partial charge on any atom is -0.325 e. The second-order valence-corrected chi connectivity index (χ2v) is 3.56. The van der Waals surface area contributed by atoms with Gasteiger partial charge in [0.05, 0.1) is 24.1 Å². The Morgan fingerprint density at radius 2 is 1.92 bits per heavy atom. The maximum absolute atomic E-state index is 9.72. The molecule has 0 aromatic rings. The number of nitrogens with zero attached hydrogens (tertiary/aromatic N) is 2. The van der Waals surface area contributed by atoms with Crippen LogP contribution in [0.3, 0.4) is 0 Å². The zero-order chi connectivity index (χ0) is 10.0. The lowest BCUT2D eigenvalue weighted by atomic mass is 9.94. The van der Waals surface area contributed by atoms with E-state index in [-0.39, 0.29) is 24.0 Å². The SMILES string of the molecule is CCC1C(N)C(C#N)C(CC)N1O. The fourth-order valence-electron chi connectivity index (χ4n) is 2.16. The molecular formula is C9H17N3O. The van der Waals surface area contributed by atoms with Crippen molar-refractivity contribution in [1.82, 2.24) is 5.06 Å². The normalized spacial score (nSPS) is 40.5. The van der Waals surface area contributed by atoms with Gasteiger partial charge in [-0.15, -0.1) is 0 Å². The van der Waals surface area contributed by atoms with E-state index < -0.39 is 0 Å². The first-order chi connectivity index (χ1) is 6.17. The summed E-state index contributed by atoms with van der Waals surface area (Å²) in [4.78, 5) is 0. The fourth-order valence-corrected chi connectivity index (χ4v) is 2.16. The molecule has 1 heterocycles. The molecule has 4 unspecified atom stereocenters. The van der Waals surface area contributed by atoms with Crippen LogP contribution in [-0.2, 0) is 0 Å². The van der Waals surface area contributed by atoms with Crippen LogP contribution in [-0.4, -0.2) is 28.4 Å². The second kappa shape index (κ2) is 4.05. The standard InChI is InChI=1S/C9H17N3O/c1-3-7-6(5-10)9(11)8(4-2)12(7)13/h6-9,13H,3-4,11H2,1-2H3. The molecule has 0 spiro atoms. The molecule has 0 bridgehead atoms. The Balaban J connectivity index is 2.83. The van der Waals surface area contributed by atoms with E-state index >= 15 is 0 Å². The molecule has 1 aliphatic rings. The van der Waals surface area contributed by atoms with Gasteiger partial charge in [0.25, 0.3) is 0 Å². The van der Waals surface area contributed by atoms with Crippen molar-refractivity contribution in [3.63, 3.8) is 0 Å². The Hall–Kier alpha value is -0.630. The van der Waals surface area contributed by atoms with Crippen LogP contribution in [0.1, 0.15) is 26.7 Å². The highest BCUT2D eigenvalue weighted by Gasteiger charge is 2.45. The summed E-state index contributed by atoms with van der Waals surface area (Å²) in [7, 11) is 0. The van der Waals surface area contributed by atoms with Gasteiger partial charge in [-0.2, -0.15) is 10.3 Å². The van der Waals surface area contributed by atoms with Crippen LogP contribution < -0.4 is 5.73 Å². The van der Waals surface area contributed by atoms with Crippen LogP contribution in [0.2, 0.25) is 0 Å². The van der Waals surface area contributed by atoms with E-state index in [1.165, 1.54) is 5.06 Å². The highest BCUT2D eigenvalue weighted by molar-refractivity contribution is 5.07. The number of hydroxylamine groups is 2. The van der Waals surface area contributed by atoms with Crippen LogP contribution in [0, 0.1) is 17.2 Å². The Morgan fingerprint density at radius 1 is 1.38 bits per heavy atom. The average Bonchev–Trinajstić information content (AvgIpc) is 2.36. The lowest BCUT2D eigenvalue weighted by Gasteiger charge is -2.22. The first kappa shape index (κ1) is 10.5. The quantitative estimate of drug-likeness (QED) is 0.661. The molecule has 1 rings (SSSR count). The predicted molar refractivity (Wildman–Crippen MR) is 48.9 cm³/mol. The Morgan fingerprint density at radius 3 is 2.23 bits per heavy atom. The third kappa shape index (κ3) is 1.55. The summed E-state index contributed by atoms with van der Waals surface area (Å²) in [6.45, 7) is 3.93. The molecular weight excluding hydrogens is 166 g/mol. The molecule has 4 nitrogen and oxygen atoms in total. The lowest BCUT2D eigenvalue weighted by Crippen LogP contribution is -2.39. The molecule has 1 aliphatic heterocycles. The molecule has 0 radical (unpaired) electrons. The van der Waals surface area contributed by atoms with E-state index in [4.69, 9.17) is 11.0 Å². The highest BCUT2D eigenvalue weighted by atomic mass is 16.5. The number of hydrogen-bond donors (Lipinski definition) is 2. The molecule has 13 heavy (non-hydrogen) atoms. The van der Waals surface area contributed by atoms with Crippen LogP contribution in [0.15, 0.2) is 0 Å². The van der Waals surface area contributed by atoms with Crippen molar-refractivity contribution in [2.24, 2.45) is 11.7 Å². The van der Waals surface area contributed by atoms with Crippen molar-refractivity contribution in [2.75, 3.05) is 0 Å². The van der Waals surface area contributed by atoms with Gasteiger partial charge in [0, 0.05) is 6.04 Å². The third-order valence-electron chi connectivity index (χ3n) is 2.94. The minimum atomic E-state index is -0.236. The van der Waals surface area contributed by atoms with Gasteiger partial charge >= 0.3 is 0 Å². The van der Waals surface area contributed by atoms with E-state index in [0.717, 1.165) is 12.8 Å². The maximum atomic E-state index is 9.72. The van der Waals surface area contributed by atoms with Gasteiger partial charge in [0.1, 0.15) is 0 Å². The Bertz CT molecular complexity index is 213. The molecule has 0 aromatic carbocycles. The molecule has 74 valence electrons. The summed E-state index contributed by atoms with van der Waals surface area (Å²) in [5.41, 5.74) is 5.88. The molecule has 1 fully saturated rings. The molecule has 0 saturated carbocycles. The number of nitrogens with two attached hydrogens (primary N) is 1. The fraction of sp³-hybridized carbons (Fsp3) is 0.889. The molecule has 4 heteroatoms. The molecule has 4 atom stereocenters. The zero-order valence-electron chi connectivity index (χ0n) is 8.14. The average molecular weight is 183 g/mol. The Labute approximate surface area is 78.9 Å². The van der Waals surface area contributed by atoms with Crippen LogP contribution in [0.5, 0.6) is 0 Å². The van der Waals surface area contributed by atoms with Gasteiger partial charge in [0.15, 0.2) is 0 Å². The number of nitriles is 1. The van der Waals surface area contributed by atoms with Crippen molar-refractivity contribution < 1.29 is 5.21 Å². The molecule has 1 saturated heterocycles. The van der Waals surface area contributed by atoms with Gasteiger partial charge in [-0.3, -0.25) is 0 Å². The van der Waals surface area contributed by atoms with Gasteiger partial charge in [-0.1, -0.05) is 13.8 Å². The first-order valence-electron chi connectivity index (χ1n) is 4.79. The van der Waals surface area contributed by atoms with E-state index in [9.17, 15) is 5.21 Å². The Kier molecular flexibility index (Phi) is 3.26. The number of hydrogen-bond acceptors (Lipinski definition) is 4. The molecule has 0 aliphatic carbocycles. The topological polar surface area (TPSA) is 73.3 Å². The summed E-state index contributed by atoms with van der Waals surface area (Å²) in [6, 6.07) is 1.81. The summed E-state index contributed by atoms with van der Waals surface area (Å²) >= 11 is 0. The van der Waals surface area contributed by atoms with Crippen LogP contribution >= 0.6 is 0 Å². The van der Waals surface area contributed by atoms with E-state index in [2.05, 4.69) is 6.07 Å². The first-order valence-corrected chi connectivity index (χ1v) is 4.79. The molecule has 0 aromatic heterocycles. The second-order valence-electron chi connectivity index (χ2n) is 3.56. The monoisotopic (exact) mass is 183 g/mol. The molecule has 0 amide bonds. The van der Waals surface area contributed by atoms with E-state index in [0.29, 0.717) is 0 Å². The predicted octanol–water partition coefficient (Wildman–Crippen LogP) is 0.715. The minimum absolute atomic E-state index is 0.0606. The van der Waals surface area contributed by atoms with Gasteiger partial charge in [-0.25, -0.2) is 0 Å². The smallest absolute Gasteiger partial charge is 0.0808 e. The van der Waals surface area contributed by atoms with E-state index in [1.54, 1.807) is 0 Å². The summed E-state index contributed by atoms with van der Waals surface area (Å²) < 4.78 is 0. The van der Waals surface area contributed by atoms with Gasteiger partial charge in [-0.05, 0) is 12.8 Å². The number of rotatable bonds is 2. The van der Waals surface area contributed by atoms with E-state index in [1.807, 2.05) is 13.8 Å². The summed E-state index contributed by atoms with van der Waals surface area (Å²) in [5, 5.41) is 19.9. The summed E-state index contributed by atoms with van der Waals surface area (Å²) in [5.74, 6) is -0.236. The molecule has 3 N–H and O–H groups in total. The van der Waals surface area contributed by atoms with Crippen LogP contribution in [0.25, 0.3) is 0 Å². The van der Waals surface area contributed by atoms with Crippen molar-refractivity contribution in [1.29, 1.82) is 5.26 Å². The van der Waals surface area contributed by atoms with Crippen molar-refractivity contribution >= 4 is 0 Å². The maximum Gasteiger partial charge on any atom is 0.0808 e. The van der Waals surface area contributed by atoms with Gasteiger partial charge < -0.3 is 10.9 Å². The van der Waals surface area contributed by atoms with Crippen LogP contribution in [0.4, 0.5) is 0 Å². The summed E-state index contributed by atoms with van der Waals surface area (Å²) in [6.07, 6.45) is 1.55. The van der Waals surface area contributed by atoms with Crippen molar-refractivity contribution in [3.8, 4) is 6.07 Å². The lowest BCUT2D eigenvalue weighted by molar-refractivity contribution is -0.138.